The van der Waals surface area contributed by atoms with Gasteiger partial charge in [0, 0.05) is 11.2 Å². The van der Waals surface area contributed by atoms with Crippen LogP contribution in [0.2, 0.25) is 15.2 Å². The summed E-state index contributed by atoms with van der Waals surface area (Å²) < 4.78 is 7.00. The van der Waals surface area contributed by atoms with Crippen LogP contribution < -0.4 is 5.63 Å². The first-order valence-corrected chi connectivity index (χ1v) is 8.68. The third-order valence-corrected chi connectivity index (χ3v) is 4.70. The summed E-state index contributed by atoms with van der Waals surface area (Å²) in [6.45, 7) is 1.83. The van der Waals surface area contributed by atoms with Crippen LogP contribution in [0.3, 0.4) is 0 Å². The molecule has 8 heteroatoms. The monoisotopic (exact) mass is 405 g/mol. The van der Waals surface area contributed by atoms with Crippen molar-refractivity contribution in [2.24, 2.45) is 0 Å². The molecule has 0 atom stereocenters. The largest absolute Gasteiger partial charge is 0.401 e. The van der Waals surface area contributed by atoms with Crippen LogP contribution in [-0.2, 0) is 0 Å². The van der Waals surface area contributed by atoms with Crippen molar-refractivity contribution in [3.63, 3.8) is 0 Å². The fourth-order valence-corrected chi connectivity index (χ4v) is 3.47. The molecule has 0 aliphatic carbocycles. The lowest BCUT2D eigenvalue weighted by atomic mass is 10.1. The summed E-state index contributed by atoms with van der Waals surface area (Å²) in [5, 5.41) is 1.53. The zero-order valence-corrected chi connectivity index (χ0v) is 15.6. The van der Waals surface area contributed by atoms with E-state index in [1.807, 2.05) is 6.92 Å². The molecule has 0 aliphatic heterocycles. The summed E-state index contributed by atoms with van der Waals surface area (Å²) in [4.78, 5) is 21.2. The number of nitrogens with zero attached hydrogens (tertiary/aromatic N) is 3. The second-order valence-electron chi connectivity index (χ2n) is 5.61. The summed E-state index contributed by atoms with van der Waals surface area (Å²) in [7, 11) is 0. The third-order valence-electron chi connectivity index (χ3n) is 3.89. The smallest absolute Gasteiger partial charge is 0.347 e. The van der Waals surface area contributed by atoms with Crippen molar-refractivity contribution in [3.8, 4) is 17.4 Å². The number of benzene rings is 1. The fraction of sp³-hybridized carbons (Fsp3) is 0.0556. The van der Waals surface area contributed by atoms with Crippen molar-refractivity contribution < 1.29 is 4.42 Å². The van der Waals surface area contributed by atoms with Gasteiger partial charge in [-0.15, -0.1) is 0 Å². The molecule has 0 unspecified atom stereocenters. The summed E-state index contributed by atoms with van der Waals surface area (Å²) in [5.41, 5.74) is 1.20. The van der Waals surface area contributed by atoms with Gasteiger partial charge < -0.3 is 4.42 Å². The van der Waals surface area contributed by atoms with Gasteiger partial charge in [0.1, 0.15) is 10.8 Å². The zero-order chi connectivity index (χ0) is 18.4. The van der Waals surface area contributed by atoms with Gasteiger partial charge in [0.05, 0.1) is 15.9 Å². The highest BCUT2D eigenvalue weighted by Crippen LogP contribution is 2.31. The minimum atomic E-state index is -0.536. The van der Waals surface area contributed by atoms with Crippen molar-refractivity contribution in [1.82, 2.24) is 14.5 Å². The van der Waals surface area contributed by atoms with Crippen LogP contribution in [0.25, 0.3) is 28.3 Å². The fourth-order valence-electron chi connectivity index (χ4n) is 2.75. The zero-order valence-electron chi connectivity index (χ0n) is 13.3. The topological polar surface area (TPSA) is 60.9 Å². The Balaban J connectivity index is 2.01. The maximum Gasteiger partial charge on any atom is 0.347 e. The molecular formula is C18H10Cl3N3O2. The third kappa shape index (κ3) is 2.78. The molecule has 0 radical (unpaired) electrons. The van der Waals surface area contributed by atoms with Crippen molar-refractivity contribution in [2.75, 3.05) is 0 Å². The van der Waals surface area contributed by atoms with Crippen LogP contribution >= 0.6 is 34.8 Å². The number of hydrogen-bond acceptors (Lipinski definition) is 4. The average molecular weight is 407 g/mol. The Morgan fingerprint density at radius 2 is 1.92 bits per heavy atom. The van der Waals surface area contributed by atoms with E-state index in [0.29, 0.717) is 37.6 Å². The van der Waals surface area contributed by atoms with Crippen LogP contribution in [0.15, 0.2) is 51.8 Å². The van der Waals surface area contributed by atoms with E-state index in [2.05, 4.69) is 9.97 Å². The Morgan fingerprint density at radius 3 is 2.69 bits per heavy atom. The molecule has 0 bridgehead atoms. The molecule has 3 aromatic heterocycles. The van der Waals surface area contributed by atoms with E-state index in [4.69, 9.17) is 39.2 Å². The molecule has 4 aromatic rings. The van der Waals surface area contributed by atoms with Crippen LogP contribution in [-0.4, -0.2) is 14.5 Å². The molecule has 5 nitrogen and oxygen atoms in total. The Hall–Kier alpha value is -2.34. The van der Waals surface area contributed by atoms with E-state index in [0.717, 1.165) is 5.56 Å². The van der Waals surface area contributed by atoms with Crippen LogP contribution in [0, 0.1) is 6.92 Å². The number of pyridine rings is 1. The minimum Gasteiger partial charge on any atom is -0.401 e. The second kappa shape index (κ2) is 6.43. The number of fused-ring (bicyclic) bond motifs is 1. The predicted molar refractivity (Wildman–Crippen MR) is 103 cm³/mol. The van der Waals surface area contributed by atoms with E-state index in [9.17, 15) is 4.79 Å². The van der Waals surface area contributed by atoms with Gasteiger partial charge in [0.25, 0.3) is 0 Å². The molecular weight excluding hydrogens is 397 g/mol. The lowest BCUT2D eigenvalue weighted by molar-refractivity contribution is 0.514. The molecule has 0 saturated heterocycles. The van der Waals surface area contributed by atoms with Crippen molar-refractivity contribution in [2.45, 2.75) is 6.92 Å². The van der Waals surface area contributed by atoms with Crippen LogP contribution in [0.4, 0.5) is 0 Å². The van der Waals surface area contributed by atoms with Gasteiger partial charge in [0.2, 0.25) is 5.89 Å². The lowest BCUT2D eigenvalue weighted by Gasteiger charge is -2.10. The summed E-state index contributed by atoms with van der Waals surface area (Å²) in [6, 6.07) is 10.0. The number of hydrogen-bond donors (Lipinski definition) is 0. The van der Waals surface area contributed by atoms with Crippen molar-refractivity contribution in [3.05, 3.63) is 73.8 Å². The quantitative estimate of drug-likeness (QED) is 0.452. The number of rotatable bonds is 2. The Kier molecular flexibility index (Phi) is 4.23. The highest BCUT2D eigenvalue weighted by Gasteiger charge is 2.19. The second-order valence-corrected chi connectivity index (χ2v) is 6.84. The molecule has 130 valence electrons. The predicted octanol–water partition coefficient (Wildman–Crippen LogP) is 5.31. The van der Waals surface area contributed by atoms with Crippen molar-refractivity contribution >= 4 is 45.7 Å². The Morgan fingerprint density at radius 1 is 1.12 bits per heavy atom. The summed E-state index contributed by atoms with van der Waals surface area (Å²) in [5.74, 6) is 0.526. The van der Waals surface area contributed by atoms with Gasteiger partial charge in [0.15, 0.2) is 5.82 Å². The molecule has 0 amide bonds. The summed E-state index contributed by atoms with van der Waals surface area (Å²) in [6.07, 6.45) is 1.59. The molecule has 0 N–H and O–H groups in total. The van der Waals surface area contributed by atoms with Crippen LogP contribution in [0.5, 0.6) is 0 Å². The van der Waals surface area contributed by atoms with Gasteiger partial charge in [-0.05, 0) is 48.9 Å². The highest BCUT2D eigenvalue weighted by molar-refractivity contribution is 6.33. The lowest BCUT2D eigenvalue weighted by Crippen LogP contribution is -2.07. The van der Waals surface area contributed by atoms with Gasteiger partial charge >= 0.3 is 5.63 Å². The number of aromatic nitrogens is 3. The first-order chi connectivity index (χ1) is 12.5. The molecule has 0 spiro atoms. The van der Waals surface area contributed by atoms with E-state index in [1.165, 1.54) is 6.07 Å². The molecule has 0 saturated carbocycles. The molecule has 1 aromatic carbocycles. The Labute approximate surface area is 162 Å². The van der Waals surface area contributed by atoms with Crippen molar-refractivity contribution in [1.29, 1.82) is 0 Å². The molecule has 26 heavy (non-hydrogen) atoms. The maximum atomic E-state index is 12.4. The minimum absolute atomic E-state index is 0.113. The van der Waals surface area contributed by atoms with Gasteiger partial charge in [-0.25, -0.2) is 14.8 Å². The summed E-state index contributed by atoms with van der Waals surface area (Å²) >= 11 is 18.6. The van der Waals surface area contributed by atoms with Crippen LogP contribution in [0.1, 0.15) is 5.56 Å². The molecule has 4 rings (SSSR count). The van der Waals surface area contributed by atoms with E-state index in [-0.39, 0.29) is 5.89 Å². The first-order valence-electron chi connectivity index (χ1n) is 7.55. The number of aryl methyl sites for hydroxylation is 1. The standard InChI is InChI=1S/C18H10Cl3N3O2/c1-9-7-10(19)8-11-15(9)23-17(26-18(11)25)13-4-5-14(21)24(13)16-12(20)3-2-6-22-16/h2-8H,1H3. The highest BCUT2D eigenvalue weighted by atomic mass is 35.5. The first kappa shape index (κ1) is 17.1. The molecule has 0 aliphatic rings. The number of halogens is 3. The van der Waals surface area contributed by atoms with Gasteiger partial charge in [-0.2, -0.15) is 0 Å². The van der Waals surface area contributed by atoms with E-state index < -0.39 is 5.63 Å². The molecule has 3 heterocycles. The molecule has 0 fully saturated rings. The van der Waals surface area contributed by atoms with E-state index in [1.54, 1.807) is 41.1 Å². The average Bonchev–Trinajstić information content (AvgIpc) is 2.97. The maximum absolute atomic E-state index is 12.4. The normalized spacial score (nSPS) is 11.2. The van der Waals surface area contributed by atoms with Gasteiger partial charge in [-0.3, -0.25) is 4.57 Å². The van der Waals surface area contributed by atoms with E-state index >= 15 is 0 Å². The van der Waals surface area contributed by atoms with Gasteiger partial charge in [-0.1, -0.05) is 34.8 Å². The SMILES string of the molecule is Cc1cc(Cl)cc2c(=O)oc(-c3ccc(Cl)n3-c3ncccc3Cl)nc12. The Bertz CT molecular complexity index is 1210.